The van der Waals surface area contributed by atoms with Crippen molar-refractivity contribution in [1.29, 1.82) is 0 Å². The van der Waals surface area contributed by atoms with Gasteiger partial charge in [-0.1, -0.05) is 35.0 Å². The summed E-state index contributed by atoms with van der Waals surface area (Å²) in [5.74, 6) is 0.562. The van der Waals surface area contributed by atoms with Crippen LogP contribution in [0.15, 0.2) is 52.2 Å². The average Bonchev–Trinajstić information content (AvgIpc) is 3.06. The first-order valence-corrected chi connectivity index (χ1v) is 8.83. The van der Waals surface area contributed by atoms with Gasteiger partial charge in [0.15, 0.2) is 0 Å². The number of hydrogen-bond acceptors (Lipinski definition) is 6. The number of aromatic nitrogens is 3. The molecule has 2 aromatic heterocycles. The fraction of sp³-hybridized carbons (Fsp3) is 0.125. The molecule has 128 valence electrons. The Kier molecular flexibility index (Phi) is 5.57. The van der Waals surface area contributed by atoms with Crippen LogP contribution < -0.4 is 5.32 Å². The molecule has 1 aromatic carbocycles. The molecule has 0 radical (unpaired) electrons. The van der Waals surface area contributed by atoms with Crippen LogP contribution in [0.2, 0.25) is 10.0 Å². The molecule has 9 heteroatoms. The van der Waals surface area contributed by atoms with E-state index in [4.69, 9.17) is 27.6 Å². The Morgan fingerprint density at radius 1 is 1.12 bits per heavy atom. The molecule has 2 heterocycles. The zero-order chi connectivity index (χ0) is 17.8. The highest BCUT2D eigenvalue weighted by atomic mass is 35.5. The summed E-state index contributed by atoms with van der Waals surface area (Å²) in [6.07, 6.45) is 1.46. The maximum absolute atomic E-state index is 12.2. The average molecular weight is 395 g/mol. The molecule has 0 aliphatic rings. The first-order valence-electron chi connectivity index (χ1n) is 7.20. The number of thioether (sulfide) groups is 1. The number of rotatable bonds is 5. The van der Waals surface area contributed by atoms with Crippen molar-refractivity contribution < 1.29 is 9.21 Å². The third kappa shape index (κ3) is 4.72. The normalized spacial score (nSPS) is 12.0. The molecule has 0 saturated carbocycles. The number of carbonyl (C=O) groups is 1. The minimum atomic E-state index is -0.448. The molecule has 6 nitrogen and oxygen atoms in total. The second kappa shape index (κ2) is 7.86. The summed E-state index contributed by atoms with van der Waals surface area (Å²) in [6.45, 7) is 1.74. The molecule has 0 bridgehead atoms. The number of nitrogens with one attached hydrogen (secondary N) is 1. The van der Waals surface area contributed by atoms with Crippen LogP contribution in [0.4, 0.5) is 5.82 Å². The SMILES string of the molecule is CC(Sc1nnc(-c2ccc(Cl)cc2)o1)C(=O)Nc1ccc(Cl)cn1. The molecule has 25 heavy (non-hydrogen) atoms. The number of nitrogens with zero attached hydrogens (tertiary/aromatic N) is 3. The van der Waals surface area contributed by atoms with E-state index in [1.807, 2.05) is 0 Å². The van der Waals surface area contributed by atoms with E-state index < -0.39 is 5.25 Å². The summed E-state index contributed by atoms with van der Waals surface area (Å²) in [4.78, 5) is 16.2. The molecule has 3 rings (SSSR count). The number of hydrogen-bond donors (Lipinski definition) is 1. The fourth-order valence-electron chi connectivity index (χ4n) is 1.85. The minimum Gasteiger partial charge on any atom is -0.411 e. The van der Waals surface area contributed by atoms with Crippen LogP contribution in [-0.2, 0) is 4.79 Å². The van der Waals surface area contributed by atoms with E-state index >= 15 is 0 Å². The Morgan fingerprint density at radius 3 is 2.52 bits per heavy atom. The van der Waals surface area contributed by atoms with Gasteiger partial charge in [0.05, 0.1) is 10.3 Å². The first-order chi connectivity index (χ1) is 12.0. The lowest BCUT2D eigenvalue weighted by Gasteiger charge is -2.09. The highest BCUT2D eigenvalue weighted by Gasteiger charge is 2.19. The van der Waals surface area contributed by atoms with E-state index in [1.54, 1.807) is 43.3 Å². The molecular formula is C16H12Cl2N4O2S. The van der Waals surface area contributed by atoms with Crippen LogP contribution in [-0.4, -0.2) is 26.3 Å². The number of amides is 1. The molecule has 0 aliphatic heterocycles. The van der Waals surface area contributed by atoms with E-state index in [9.17, 15) is 4.79 Å². The lowest BCUT2D eigenvalue weighted by Crippen LogP contribution is -2.22. The number of anilines is 1. The van der Waals surface area contributed by atoms with Crippen molar-refractivity contribution in [2.75, 3.05) is 5.32 Å². The highest BCUT2D eigenvalue weighted by molar-refractivity contribution is 8.00. The molecule has 0 spiro atoms. The van der Waals surface area contributed by atoms with Gasteiger partial charge < -0.3 is 9.73 Å². The van der Waals surface area contributed by atoms with Crippen LogP contribution >= 0.6 is 35.0 Å². The monoisotopic (exact) mass is 394 g/mol. The summed E-state index contributed by atoms with van der Waals surface area (Å²) in [5.41, 5.74) is 0.756. The number of halogens is 2. The van der Waals surface area contributed by atoms with Crippen LogP contribution in [0, 0.1) is 0 Å². The van der Waals surface area contributed by atoms with E-state index in [2.05, 4.69) is 20.5 Å². The predicted octanol–water partition coefficient (Wildman–Crippen LogP) is 4.56. The number of pyridine rings is 1. The summed E-state index contributed by atoms with van der Waals surface area (Å²) in [5, 5.41) is 11.6. The summed E-state index contributed by atoms with van der Waals surface area (Å²) in [7, 11) is 0. The van der Waals surface area contributed by atoms with Crippen LogP contribution in [0.5, 0.6) is 0 Å². The van der Waals surface area contributed by atoms with E-state index in [0.29, 0.717) is 27.0 Å². The van der Waals surface area contributed by atoms with Gasteiger partial charge in [-0.15, -0.1) is 10.2 Å². The van der Waals surface area contributed by atoms with Gasteiger partial charge in [-0.25, -0.2) is 4.98 Å². The summed E-state index contributed by atoms with van der Waals surface area (Å²) >= 11 is 12.8. The molecular weight excluding hydrogens is 383 g/mol. The van der Waals surface area contributed by atoms with Crippen molar-refractivity contribution >= 4 is 46.7 Å². The van der Waals surface area contributed by atoms with Gasteiger partial charge in [0.2, 0.25) is 11.8 Å². The molecule has 1 amide bonds. The molecule has 0 saturated heterocycles. The summed E-state index contributed by atoms with van der Waals surface area (Å²) < 4.78 is 5.58. The molecule has 1 unspecified atom stereocenters. The van der Waals surface area contributed by atoms with Crippen LogP contribution in [0.3, 0.4) is 0 Å². The standard InChI is InChI=1S/C16H12Cl2N4O2S/c1-9(14(23)20-13-7-6-12(18)8-19-13)25-16-22-21-15(24-16)10-2-4-11(17)5-3-10/h2-9H,1H3,(H,19,20,23). The van der Waals surface area contributed by atoms with Gasteiger partial charge in [0, 0.05) is 16.8 Å². The lowest BCUT2D eigenvalue weighted by molar-refractivity contribution is -0.115. The minimum absolute atomic E-state index is 0.230. The Labute approximate surface area is 158 Å². The molecule has 1 atom stereocenters. The Hall–Kier alpha value is -2.09. The van der Waals surface area contributed by atoms with Crippen LogP contribution in [0.25, 0.3) is 11.5 Å². The number of benzene rings is 1. The van der Waals surface area contributed by atoms with Crippen molar-refractivity contribution in [3.8, 4) is 11.5 Å². The predicted molar refractivity (Wildman–Crippen MR) is 97.9 cm³/mol. The second-order valence-corrected chi connectivity index (χ2v) is 7.16. The Morgan fingerprint density at radius 2 is 1.84 bits per heavy atom. The first kappa shape index (κ1) is 17.7. The van der Waals surface area contributed by atoms with Crippen molar-refractivity contribution in [3.63, 3.8) is 0 Å². The van der Waals surface area contributed by atoms with Gasteiger partial charge in [-0.05, 0) is 43.3 Å². The van der Waals surface area contributed by atoms with Crippen LogP contribution in [0.1, 0.15) is 6.92 Å². The third-order valence-corrected chi connectivity index (χ3v) is 4.53. The van der Waals surface area contributed by atoms with E-state index in [-0.39, 0.29) is 5.91 Å². The van der Waals surface area contributed by atoms with Crippen molar-refractivity contribution in [3.05, 3.63) is 52.6 Å². The van der Waals surface area contributed by atoms with Crippen molar-refractivity contribution in [2.45, 2.75) is 17.4 Å². The van der Waals surface area contributed by atoms with Crippen molar-refractivity contribution in [1.82, 2.24) is 15.2 Å². The summed E-state index contributed by atoms with van der Waals surface area (Å²) in [6, 6.07) is 10.3. The third-order valence-electron chi connectivity index (χ3n) is 3.12. The Balaban J connectivity index is 1.62. The molecule has 0 aliphatic carbocycles. The number of carbonyl (C=O) groups excluding carboxylic acids is 1. The second-order valence-electron chi connectivity index (χ2n) is 4.99. The molecule has 1 N–H and O–H groups in total. The maximum Gasteiger partial charge on any atom is 0.277 e. The molecule has 3 aromatic rings. The van der Waals surface area contributed by atoms with Gasteiger partial charge >= 0.3 is 0 Å². The highest BCUT2D eigenvalue weighted by Crippen LogP contribution is 2.27. The van der Waals surface area contributed by atoms with Gasteiger partial charge in [0.1, 0.15) is 5.82 Å². The lowest BCUT2D eigenvalue weighted by atomic mass is 10.2. The quantitative estimate of drug-likeness (QED) is 0.638. The Bertz CT molecular complexity index is 869. The molecule has 0 fully saturated rings. The maximum atomic E-state index is 12.2. The van der Waals surface area contributed by atoms with Gasteiger partial charge in [-0.2, -0.15) is 0 Å². The van der Waals surface area contributed by atoms with E-state index in [0.717, 1.165) is 17.3 Å². The fourth-order valence-corrected chi connectivity index (χ4v) is 2.77. The zero-order valence-electron chi connectivity index (χ0n) is 12.9. The van der Waals surface area contributed by atoms with Crippen molar-refractivity contribution in [2.24, 2.45) is 0 Å². The van der Waals surface area contributed by atoms with E-state index in [1.165, 1.54) is 6.20 Å². The van der Waals surface area contributed by atoms with Gasteiger partial charge in [0.25, 0.3) is 5.22 Å². The smallest absolute Gasteiger partial charge is 0.277 e. The van der Waals surface area contributed by atoms with Gasteiger partial charge in [-0.3, -0.25) is 4.79 Å². The topological polar surface area (TPSA) is 80.9 Å². The zero-order valence-corrected chi connectivity index (χ0v) is 15.3. The largest absolute Gasteiger partial charge is 0.411 e.